The molecule has 2 unspecified atom stereocenters. The lowest BCUT2D eigenvalue weighted by Gasteiger charge is -2.47. The third kappa shape index (κ3) is 3.53. The van der Waals surface area contributed by atoms with Crippen LogP contribution in [0.2, 0.25) is 0 Å². The molecule has 1 aliphatic heterocycles. The Morgan fingerprint density at radius 2 is 1.72 bits per heavy atom. The van der Waals surface area contributed by atoms with Crippen molar-refractivity contribution < 1.29 is 23.7 Å². The van der Waals surface area contributed by atoms with Crippen molar-refractivity contribution in [2.45, 2.75) is 50.5 Å². The van der Waals surface area contributed by atoms with Gasteiger partial charge in [-0.1, -0.05) is 30.3 Å². The summed E-state index contributed by atoms with van der Waals surface area (Å²) in [6.45, 7) is 2.00. The van der Waals surface area contributed by atoms with E-state index in [2.05, 4.69) is 5.32 Å². The van der Waals surface area contributed by atoms with Crippen LogP contribution in [-0.2, 0) is 0 Å². The second-order valence-electron chi connectivity index (χ2n) is 8.77. The van der Waals surface area contributed by atoms with Gasteiger partial charge in [-0.2, -0.15) is 0 Å². The maximum Gasteiger partial charge on any atom is 0.156 e. The van der Waals surface area contributed by atoms with Crippen LogP contribution >= 0.6 is 0 Å². The Kier molecular flexibility index (Phi) is 5.14. The molecular formula is C26H25F2NO3. The lowest BCUT2D eigenvalue weighted by Crippen LogP contribution is -2.47. The first-order chi connectivity index (χ1) is 15.4. The lowest BCUT2D eigenvalue weighted by atomic mass is 9.73. The van der Waals surface area contributed by atoms with Crippen molar-refractivity contribution in [3.05, 3.63) is 82.9 Å². The van der Waals surface area contributed by atoms with Crippen LogP contribution < -0.4 is 10.1 Å². The van der Waals surface area contributed by atoms with Gasteiger partial charge in [0, 0.05) is 17.7 Å². The number of fused-ring (bicyclic) bond motifs is 1. The minimum atomic E-state index is -1.51. The van der Waals surface area contributed by atoms with Crippen molar-refractivity contribution in [1.29, 1.82) is 0 Å². The van der Waals surface area contributed by atoms with Crippen LogP contribution in [0, 0.1) is 18.6 Å². The first-order valence-corrected chi connectivity index (χ1v) is 10.9. The van der Waals surface area contributed by atoms with Crippen LogP contribution in [0.4, 0.5) is 14.5 Å². The average Bonchev–Trinajstić information content (AvgIpc) is 2.74. The van der Waals surface area contributed by atoms with E-state index in [-0.39, 0.29) is 5.60 Å². The highest BCUT2D eigenvalue weighted by Crippen LogP contribution is 2.51. The first-order valence-electron chi connectivity index (χ1n) is 10.9. The summed E-state index contributed by atoms with van der Waals surface area (Å²) in [6.07, 6.45) is 1.68. The third-order valence-electron chi connectivity index (χ3n) is 6.72. The number of aliphatic hydroxyl groups excluding tert-OH is 2. The summed E-state index contributed by atoms with van der Waals surface area (Å²) in [7, 11) is 0. The Hall–Kier alpha value is -2.96. The zero-order chi connectivity index (χ0) is 22.5. The lowest BCUT2D eigenvalue weighted by molar-refractivity contribution is -0.0667. The molecule has 1 heterocycles. The number of halogens is 2. The number of aliphatic hydroxyl groups is 2. The molecule has 3 N–H and O–H groups in total. The van der Waals surface area contributed by atoms with Crippen molar-refractivity contribution in [1.82, 2.24) is 0 Å². The van der Waals surface area contributed by atoms with Crippen molar-refractivity contribution in [2.75, 3.05) is 5.32 Å². The quantitative estimate of drug-likeness (QED) is 0.453. The van der Waals surface area contributed by atoms with Gasteiger partial charge in [-0.05, 0) is 67.1 Å². The fourth-order valence-electron chi connectivity index (χ4n) is 4.77. The molecule has 0 bridgehead atoms. The normalized spacial score (nSPS) is 19.6. The fraction of sp³-hybridized carbons (Fsp3) is 0.308. The largest absolute Gasteiger partial charge is 0.486 e. The number of hydrogen-bond acceptors (Lipinski definition) is 4. The summed E-state index contributed by atoms with van der Waals surface area (Å²) < 4.78 is 34.2. The maximum absolute atomic E-state index is 13.9. The number of anilines is 1. The third-order valence-corrected chi connectivity index (χ3v) is 6.72. The maximum atomic E-state index is 13.9. The summed E-state index contributed by atoms with van der Waals surface area (Å²) >= 11 is 0. The molecule has 0 radical (unpaired) electrons. The highest BCUT2D eigenvalue weighted by atomic mass is 19.1. The summed E-state index contributed by atoms with van der Waals surface area (Å²) in [4.78, 5) is 0. The minimum absolute atomic E-state index is 0.234. The van der Waals surface area contributed by atoms with E-state index in [4.69, 9.17) is 4.74 Å². The Labute approximate surface area is 185 Å². The standard InChI is InChI=1S/C26H25F2NO3/c1-15-18(10-11-19-22(30)14-26(12-3-13-26)32-24(15)19)16-6-8-17(9-7-16)29-25(31)23-20(27)4-2-5-21(23)28/h2,4-11,22,25,29-31H,3,12-14H2,1H3. The molecule has 1 aliphatic carbocycles. The predicted octanol–water partition coefficient (Wildman–Crippen LogP) is 5.78. The molecule has 1 spiro atoms. The van der Waals surface area contributed by atoms with Gasteiger partial charge in [-0.3, -0.25) is 0 Å². The number of hydrogen-bond donors (Lipinski definition) is 3. The molecule has 2 aliphatic rings. The van der Waals surface area contributed by atoms with E-state index < -0.39 is 29.5 Å². The molecule has 2 atom stereocenters. The molecule has 5 rings (SSSR count). The molecule has 3 aromatic carbocycles. The monoisotopic (exact) mass is 437 g/mol. The predicted molar refractivity (Wildman–Crippen MR) is 118 cm³/mol. The minimum Gasteiger partial charge on any atom is -0.486 e. The zero-order valence-corrected chi connectivity index (χ0v) is 17.7. The van der Waals surface area contributed by atoms with Crippen LogP contribution in [-0.4, -0.2) is 15.8 Å². The summed E-state index contributed by atoms with van der Waals surface area (Å²) in [5.41, 5.74) is 3.61. The highest BCUT2D eigenvalue weighted by molar-refractivity contribution is 5.73. The first kappa shape index (κ1) is 20.9. The van der Waals surface area contributed by atoms with Gasteiger partial charge in [-0.15, -0.1) is 0 Å². The van der Waals surface area contributed by atoms with Gasteiger partial charge in [0.05, 0.1) is 11.7 Å². The molecule has 0 aromatic heterocycles. The van der Waals surface area contributed by atoms with Crippen LogP contribution in [0.25, 0.3) is 11.1 Å². The Morgan fingerprint density at radius 1 is 1.03 bits per heavy atom. The van der Waals surface area contributed by atoms with Crippen molar-refractivity contribution in [2.24, 2.45) is 0 Å². The van der Waals surface area contributed by atoms with E-state index in [1.54, 1.807) is 12.1 Å². The zero-order valence-electron chi connectivity index (χ0n) is 17.7. The molecule has 0 amide bonds. The van der Waals surface area contributed by atoms with Gasteiger partial charge in [0.2, 0.25) is 0 Å². The highest BCUT2D eigenvalue weighted by Gasteiger charge is 2.45. The number of benzene rings is 3. The Balaban J connectivity index is 1.39. The summed E-state index contributed by atoms with van der Waals surface area (Å²) in [6, 6.07) is 14.6. The van der Waals surface area contributed by atoms with E-state index in [0.717, 1.165) is 59.4 Å². The molecule has 166 valence electrons. The van der Waals surface area contributed by atoms with Crippen LogP contribution in [0.15, 0.2) is 54.6 Å². The Morgan fingerprint density at radius 3 is 2.34 bits per heavy atom. The fourth-order valence-corrected chi connectivity index (χ4v) is 4.77. The van der Waals surface area contributed by atoms with Crippen molar-refractivity contribution in [3.8, 4) is 16.9 Å². The topological polar surface area (TPSA) is 61.7 Å². The van der Waals surface area contributed by atoms with E-state index in [1.165, 1.54) is 6.07 Å². The molecule has 6 heteroatoms. The Bertz CT molecular complexity index is 1140. The van der Waals surface area contributed by atoms with Gasteiger partial charge < -0.3 is 20.3 Å². The number of rotatable bonds is 4. The van der Waals surface area contributed by atoms with E-state index in [1.807, 2.05) is 31.2 Å². The number of ether oxygens (including phenoxy) is 1. The SMILES string of the molecule is Cc1c(-c2ccc(NC(O)c3c(F)cccc3F)cc2)ccc2c1OC1(CCC1)CC2O. The van der Waals surface area contributed by atoms with Crippen molar-refractivity contribution >= 4 is 5.69 Å². The molecule has 4 nitrogen and oxygen atoms in total. The summed E-state index contributed by atoms with van der Waals surface area (Å²) in [5.74, 6) is -0.843. The van der Waals surface area contributed by atoms with Gasteiger partial charge in [0.15, 0.2) is 6.23 Å². The molecule has 1 saturated carbocycles. The van der Waals surface area contributed by atoms with E-state index in [0.29, 0.717) is 12.1 Å². The second-order valence-corrected chi connectivity index (χ2v) is 8.77. The van der Waals surface area contributed by atoms with Crippen LogP contribution in [0.5, 0.6) is 5.75 Å². The van der Waals surface area contributed by atoms with E-state index in [9.17, 15) is 19.0 Å². The van der Waals surface area contributed by atoms with Crippen LogP contribution in [0.3, 0.4) is 0 Å². The number of nitrogens with one attached hydrogen (secondary N) is 1. The van der Waals surface area contributed by atoms with E-state index >= 15 is 0 Å². The molecule has 32 heavy (non-hydrogen) atoms. The van der Waals surface area contributed by atoms with Gasteiger partial charge >= 0.3 is 0 Å². The average molecular weight is 437 g/mol. The molecular weight excluding hydrogens is 412 g/mol. The van der Waals surface area contributed by atoms with Crippen molar-refractivity contribution in [3.63, 3.8) is 0 Å². The van der Waals surface area contributed by atoms with Gasteiger partial charge in [0.1, 0.15) is 23.0 Å². The van der Waals surface area contributed by atoms with Crippen LogP contribution in [0.1, 0.15) is 54.7 Å². The molecule has 1 fully saturated rings. The van der Waals surface area contributed by atoms with Gasteiger partial charge in [0.25, 0.3) is 0 Å². The van der Waals surface area contributed by atoms with Gasteiger partial charge in [-0.25, -0.2) is 8.78 Å². The smallest absolute Gasteiger partial charge is 0.156 e. The summed E-state index contributed by atoms with van der Waals surface area (Å²) in [5, 5.41) is 23.6. The second kappa shape index (κ2) is 7.87. The molecule has 0 saturated heterocycles. The molecule has 3 aromatic rings.